The van der Waals surface area contributed by atoms with Gasteiger partial charge in [0, 0.05) is 6.04 Å². The molecule has 9 heavy (non-hydrogen) atoms. The van der Waals surface area contributed by atoms with E-state index in [-0.39, 0.29) is 0 Å². The number of piperidine rings is 1. The molecular formula is C6H11Br2N. The second-order valence-electron chi connectivity index (χ2n) is 2.39. The van der Waals surface area contributed by atoms with Crippen molar-refractivity contribution in [1.29, 1.82) is 0 Å². The molecule has 1 unspecified atom stereocenters. The molecule has 1 atom stereocenters. The summed E-state index contributed by atoms with van der Waals surface area (Å²) in [5.41, 5.74) is 0. The van der Waals surface area contributed by atoms with E-state index in [0.29, 0.717) is 9.78 Å². The average molecular weight is 257 g/mol. The first-order chi connectivity index (χ1) is 4.30. The Bertz CT molecular complexity index is 79.1. The van der Waals surface area contributed by atoms with Gasteiger partial charge in [0.15, 0.2) is 0 Å². The minimum Gasteiger partial charge on any atom is -0.312 e. The van der Waals surface area contributed by atoms with Gasteiger partial charge in [-0.25, -0.2) is 0 Å². The predicted molar refractivity (Wildman–Crippen MR) is 47.3 cm³/mol. The van der Waals surface area contributed by atoms with Crippen molar-refractivity contribution in [2.75, 3.05) is 6.54 Å². The Balaban J connectivity index is 2.23. The molecule has 1 heterocycles. The molecule has 1 fully saturated rings. The minimum absolute atomic E-state index is 0.449. The van der Waals surface area contributed by atoms with Crippen LogP contribution < -0.4 is 5.32 Å². The number of halogens is 2. The first kappa shape index (κ1) is 8.02. The van der Waals surface area contributed by atoms with Gasteiger partial charge in [0.2, 0.25) is 0 Å². The minimum atomic E-state index is 0.449. The highest BCUT2D eigenvalue weighted by molar-refractivity contribution is 9.24. The van der Waals surface area contributed by atoms with Crippen LogP contribution in [-0.2, 0) is 0 Å². The van der Waals surface area contributed by atoms with Crippen molar-refractivity contribution >= 4 is 31.9 Å². The summed E-state index contributed by atoms with van der Waals surface area (Å²) in [7, 11) is 0. The van der Waals surface area contributed by atoms with E-state index in [9.17, 15) is 0 Å². The molecule has 0 bridgehead atoms. The van der Waals surface area contributed by atoms with Crippen LogP contribution >= 0.6 is 31.9 Å². The average Bonchev–Trinajstić information content (AvgIpc) is 1.90. The van der Waals surface area contributed by atoms with Crippen LogP contribution in [-0.4, -0.2) is 16.3 Å². The van der Waals surface area contributed by atoms with Gasteiger partial charge in [-0.05, 0) is 19.4 Å². The molecule has 1 N–H and O–H groups in total. The molecule has 0 amide bonds. The lowest BCUT2D eigenvalue weighted by molar-refractivity contribution is 0.424. The summed E-state index contributed by atoms with van der Waals surface area (Å²) in [5.74, 6) is 0. The van der Waals surface area contributed by atoms with Crippen LogP contribution in [0.2, 0.25) is 0 Å². The fourth-order valence-corrected chi connectivity index (χ4v) is 2.00. The van der Waals surface area contributed by atoms with Crippen molar-refractivity contribution in [2.45, 2.75) is 29.0 Å². The van der Waals surface area contributed by atoms with E-state index in [1.54, 1.807) is 0 Å². The molecule has 3 heteroatoms. The van der Waals surface area contributed by atoms with Gasteiger partial charge in [0.1, 0.15) is 0 Å². The molecule has 0 spiro atoms. The van der Waals surface area contributed by atoms with Gasteiger partial charge in [0.05, 0.1) is 3.74 Å². The van der Waals surface area contributed by atoms with Gasteiger partial charge in [-0.15, -0.1) is 0 Å². The van der Waals surface area contributed by atoms with Crippen LogP contribution in [0, 0.1) is 0 Å². The van der Waals surface area contributed by atoms with Crippen LogP contribution in [0.5, 0.6) is 0 Å². The Labute approximate surface area is 72.8 Å². The van der Waals surface area contributed by atoms with E-state index in [1.165, 1.54) is 25.8 Å². The third-order valence-corrected chi connectivity index (χ3v) is 2.93. The molecule has 0 aliphatic carbocycles. The number of nitrogens with one attached hydrogen (secondary N) is 1. The first-order valence-corrected chi connectivity index (χ1v) is 5.15. The van der Waals surface area contributed by atoms with Gasteiger partial charge < -0.3 is 5.32 Å². The zero-order valence-corrected chi connectivity index (χ0v) is 8.41. The van der Waals surface area contributed by atoms with Crippen molar-refractivity contribution in [2.24, 2.45) is 0 Å². The van der Waals surface area contributed by atoms with Crippen molar-refractivity contribution in [3.8, 4) is 0 Å². The van der Waals surface area contributed by atoms with Crippen molar-refractivity contribution < 1.29 is 0 Å². The molecule has 0 aromatic heterocycles. The molecule has 1 aliphatic heterocycles. The van der Waals surface area contributed by atoms with Crippen LogP contribution in [0.25, 0.3) is 0 Å². The molecule has 1 aliphatic rings. The van der Waals surface area contributed by atoms with Crippen LogP contribution in [0.15, 0.2) is 0 Å². The molecular weight excluding hydrogens is 246 g/mol. The standard InChI is InChI=1S/C6H11Br2N/c7-6(8)5-3-1-2-4-9-5/h5-6,9H,1-4H2. The van der Waals surface area contributed by atoms with E-state index >= 15 is 0 Å². The predicted octanol–water partition coefficient (Wildman–Crippen LogP) is 2.24. The lowest BCUT2D eigenvalue weighted by atomic mass is 10.1. The van der Waals surface area contributed by atoms with E-state index in [2.05, 4.69) is 37.2 Å². The fraction of sp³-hybridized carbons (Fsp3) is 1.00. The van der Waals surface area contributed by atoms with E-state index in [1.807, 2.05) is 0 Å². The third-order valence-electron chi connectivity index (χ3n) is 1.65. The topological polar surface area (TPSA) is 12.0 Å². The summed E-state index contributed by atoms with van der Waals surface area (Å²) in [4.78, 5) is 0. The molecule has 54 valence electrons. The van der Waals surface area contributed by atoms with Gasteiger partial charge in [-0.3, -0.25) is 0 Å². The summed E-state index contributed by atoms with van der Waals surface area (Å²) < 4.78 is 0.449. The van der Waals surface area contributed by atoms with Gasteiger partial charge in [-0.1, -0.05) is 38.3 Å². The maximum Gasteiger partial charge on any atom is 0.0850 e. The zero-order chi connectivity index (χ0) is 6.69. The van der Waals surface area contributed by atoms with Crippen molar-refractivity contribution in [3.63, 3.8) is 0 Å². The van der Waals surface area contributed by atoms with Crippen LogP contribution in [0.4, 0.5) is 0 Å². The van der Waals surface area contributed by atoms with Crippen molar-refractivity contribution in [3.05, 3.63) is 0 Å². The quantitative estimate of drug-likeness (QED) is 0.710. The number of hydrogen-bond donors (Lipinski definition) is 1. The molecule has 0 saturated carbocycles. The summed E-state index contributed by atoms with van der Waals surface area (Å²) >= 11 is 6.98. The van der Waals surface area contributed by atoms with E-state index in [4.69, 9.17) is 0 Å². The number of hydrogen-bond acceptors (Lipinski definition) is 1. The first-order valence-electron chi connectivity index (χ1n) is 3.32. The number of rotatable bonds is 1. The monoisotopic (exact) mass is 255 g/mol. The van der Waals surface area contributed by atoms with Gasteiger partial charge >= 0.3 is 0 Å². The molecule has 1 nitrogen and oxygen atoms in total. The van der Waals surface area contributed by atoms with Gasteiger partial charge in [0.25, 0.3) is 0 Å². The third kappa shape index (κ3) is 2.56. The zero-order valence-electron chi connectivity index (χ0n) is 5.24. The summed E-state index contributed by atoms with van der Waals surface area (Å²) in [6.45, 7) is 1.18. The molecule has 1 saturated heterocycles. The molecule has 0 aromatic carbocycles. The highest BCUT2D eigenvalue weighted by Gasteiger charge is 2.17. The maximum atomic E-state index is 3.49. The fourth-order valence-electron chi connectivity index (χ4n) is 1.09. The van der Waals surface area contributed by atoms with Crippen molar-refractivity contribution in [1.82, 2.24) is 5.32 Å². The van der Waals surface area contributed by atoms with Crippen LogP contribution in [0.1, 0.15) is 19.3 Å². The Hall–Kier alpha value is 0.920. The number of alkyl halides is 2. The summed E-state index contributed by atoms with van der Waals surface area (Å²) in [6, 6.07) is 0.638. The molecule has 0 aromatic rings. The second-order valence-corrected chi connectivity index (χ2v) is 5.59. The molecule has 0 radical (unpaired) electrons. The van der Waals surface area contributed by atoms with E-state index in [0.717, 1.165) is 0 Å². The highest BCUT2D eigenvalue weighted by Crippen LogP contribution is 2.20. The summed E-state index contributed by atoms with van der Waals surface area (Å²) in [6.07, 6.45) is 4.00. The SMILES string of the molecule is BrC(Br)C1CCCCN1. The second kappa shape index (κ2) is 3.94. The Kier molecular flexibility index (Phi) is 3.51. The summed E-state index contributed by atoms with van der Waals surface area (Å²) in [5, 5.41) is 3.42. The van der Waals surface area contributed by atoms with Gasteiger partial charge in [-0.2, -0.15) is 0 Å². The largest absolute Gasteiger partial charge is 0.312 e. The smallest absolute Gasteiger partial charge is 0.0850 e. The maximum absolute atomic E-state index is 3.49. The molecule has 1 rings (SSSR count). The van der Waals surface area contributed by atoms with Crippen LogP contribution in [0.3, 0.4) is 0 Å². The van der Waals surface area contributed by atoms with E-state index < -0.39 is 0 Å². The lowest BCUT2D eigenvalue weighted by Crippen LogP contribution is -2.38. The highest BCUT2D eigenvalue weighted by atomic mass is 79.9. The Morgan fingerprint density at radius 3 is 2.44 bits per heavy atom. The Morgan fingerprint density at radius 1 is 1.33 bits per heavy atom. The lowest BCUT2D eigenvalue weighted by Gasteiger charge is -2.24. The normalized spacial score (nSPS) is 29.0. The Morgan fingerprint density at radius 2 is 2.11 bits per heavy atom.